The van der Waals surface area contributed by atoms with Crippen LogP contribution >= 0.6 is 63.7 Å². The molecule has 0 N–H and O–H groups in total. The Balaban J connectivity index is -0.000000252. The summed E-state index contributed by atoms with van der Waals surface area (Å²) in [6.07, 6.45) is 4.10. The first-order valence-electron chi connectivity index (χ1n) is 10.8. The van der Waals surface area contributed by atoms with E-state index in [-0.39, 0.29) is 94.3 Å². The molecule has 0 aliphatic rings. The van der Waals surface area contributed by atoms with E-state index in [9.17, 15) is 0 Å². The van der Waals surface area contributed by atoms with Gasteiger partial charge in [0.15, 0.2) is 0 Å². The van der Waals surface area contributed by atoms with Crippen LogP contribution in [0.1, 0.15) is 42.0 Å². The molecule has 0 nitrogen and oxygen atoms in total. The van der Waals surface area contributed by atoms with E-state index in [4.69, 9.17) is 0 Å². The maximum atomic E-state index is 3.60. The summed E-state index contributed by atoms with van der Waals surface area (Å²) in [5.41, 5.74) is 4.98. The fraction of sp³-hybridized carbons (Fsp3) is 0.167. The van der Waals surface area contributed by atoms with Crippen LogP contribution < -0.4 is 94.3 Å². The first kappa shape index (κ1) is 47.7. The maximum Gasteiger partial charge on any atom is 1.00 e. The fourth-order valence-electron chi connectivity index (χ4n) is 2.88. The molecular weight excluding hydrogens is 715 g/mol. The summed E-state index contributed by atoms with van der Waals surface area (Å²) in [4.78, 5) is 0. The Bertz CT molecular complexity index is 1000. The summed E-state index contributed by atoms with van der Waals surface area (Å²) >= 11 is 14.0. The van der Waals surface area contributed by atoms with Gasteiger partial charge in [0.1, 0.15) is 0 Å². The summed E-state index contributed by atoms with van der Waals surface area (Å²) < 4.78 is 4.37. The zero-order valence-corrected chi connectivity index (χ0v) is 30.3. The molecule has 0 bridgehead atoms. The maximum absolute atomic E-state index is 3.60. The topological polar surface area (TPSA) is 0 Å². The molecular formula is C30H25Br4Li5. The minimum Gasteiger partial charge on any atom is -0.359 e. The summed E-state index contributed by atoms with van der Waals surface area (Å²) in [6.45, 7) is 5.72. The van der Waals surface area contributed by atoms with Gasteiger partial charge in [-0.3, -0.25) is 35.4 Å². The van der Waals surface area contributed by atoms with Gasteiger partial charge < -0.3 is 43.3 Å². The normalized spacial score (nSPS) is 8.67. The van der Waals surface area contributed by atoms with Gasteiger partial charge in [-0.05, 0) is 53.9 Å². The molecule has 0 amide bonds. The third-order valence-electron chi connectivity index (χ3n) is 4.42. The van der Waals surface area contributed by atoms with Crippen molar-refractivity contribution < 1.29 is 94.3 Å². The van der Waals surface area contributed by atoms with Gasteiger partial charge in [0.25, 0.3) is 0 Å². The number of rotatable bonds is 5. The van der Waals surface area contributed by atoms with Crippen molar-refractivity contribution in [1.82, 2.24) is 0 Å². The van der Waals surface area contributed by atoms with Crippen molar-refractivity contribution >= 4 is 63.7 Å². The number of hydrogen-bond acceptors (Lipinski definition) is 0. The Morgan fingerprint density at radius 1 is 0.513 bits per heavy atom. The van der Waals surface area contributed by atoms with Gasteiger partial charge in [0.2, 0.25) is 0 Å². The van der Waals surface area contributed by atoms with Gasteiger partial charge in [-0.15, -0.1) is 0 Å². The van der Waals surface area contributed by atoms with E-state index in [1.807, 2.05) is 36.4 Å². The molecule has 0 radical (unpaired) electrons. The average Bonchev–Trinajstić information content (AvgIpc) is 2.80. The summed E-state index contributed by atoms with van der Waals surface area (Å²) in [6, 6.07) is 36.1. The second-order valence-corrected chi connectivity index (χ2v) is 11.1. The molecule has 0 atom stereocenters. The van der Waals surface area contributed by atoms with Crippen LogP contribution in [-0.4, -0.2) is 0 Å². The number of unbranched alkanes of at least 4 members (excludes halogenated alkanes) is 1. The third kappa shape index (κ3) is 22.0. The van der Waals surface area contributed by atoms with Gasteiger partial charge in [-0.2, -0.15) is 12.8 Å². The van der Waals surface area contributed by atoms with Gasteiger partial charge in [0, 0.05) is 17.9 Å². The van der Waals surface area contributed by atoms with Crippen LogP contribution in [0.15, 0.2) is 90.7 Å². The Kier molecular flexibility index (Phi) is 34.9. The van der Waals surface area contributed by atoms with Crippen LogP contribution in [0.25, 0.3) is 0 Å². The third-order valence-corrected chi connectivity index (χ3v) is 6.25. The molecule has 4 rings (SSSR count). The monoisotopic (exact) mass is 736 g/mol. The van der Waals surface area contributed by atoms with Gasteiger partial charge in [-0.25, -0.2) is 0 Å². The van der Waals surface area contributed by atoms with E-state index in [1.165, 1.54) is 28.7 Å². The average molecular weight is 740 g/mol. The second-order valence-electron chi connectivity index (χ2n) is 7.45. The molecule has 178 valence electrons. The second kappa shape index (κ2) is 28.6. The fourth-order valence-corrected chi connectivity index (χ4v) is 5.65. The Morgan fingerprint density at radius 3 is 1.03 bits per heavy atom. The molecule has 0 aliphatic heterocycles. The Hall–Kier alpha value is 1.79. The van der Waals surface area contributed by atoms with E-state index >= 15 is 0 Å². The molecule has 9 heteroatoms. The Morgan fingerprint density at radius 2 is 0.769 bits per heavy atom. The van der Waals surface area contributed by atoms with Gasteiger partial charge >= 0.3 is 94.3 Å². The molecule has 4 aromatic rings. The van der Waals surface area contributed by atoms with Crippen LogP contribution in [-0.2, 0) is 12.8 Å². The molecule has 0 saturated carbocycles. The largest absolute Gasteiger partial charge is 1.00 e. The molecule has 0 aromatic heterocycles. The van der Waals surface area contributed by atoms with Crippen molar-refractivity contribution in [3.63, 3.8) is 0 Å². The summed E-state index contributed by atoms with van der Waals surface area (Å²) in [5.74, 6) is 0. The molecule has 39 heavy (non-hydrogen) atoms. The number of halogens is 4. The minimum absolute atomic E-state index is 0. The smallest absolute Gasteiger partial charge is 0.359 e. The first-order valence-corrected chi connectivity index (χ1v) is 14.0. The molecule has 0 fully saturated rings. The predicted octanol–water partition coefficient (Wildman–Crippen LogP) is -4.55. The zero-order valence-electron chi connectivity index (χ0n) is 24.0. The van der Waals surface area contributed by atoms with Crippen molar-refractivity contribution in [2.24, 2.45) is 0 Å². The van der Waals surface area contributed by atoms with E-state index < -0.39 is 0 Å². The van der Waals surface area contributed by atoms with E-state index in [1.54, 1.807) is 12.1 Å². The number of hydrogen-bond donors (Lipinski definition) is 0. The van der Waals surface area contributed by atoms with Crippen LogP contribution in [0.4, 0.5) is 0 Å². The van der Waals surface area contributed by atoms with Crippen molar-refractivity contribution in [3.05, 3.63) is 144 Å². The zero-order chi connectivity index (χ0) is 24.8. The molecule has 0 spiro atoms. The van der Waals surface area contributed by atoms with Crippen molar-refractivity contribution in [1.29, 1.82) is 0 Å². The van der Waals surface area contributed by atoms with Crippen LogP contribution in [0, 0.1) is 31.2 Å². The molecule has 0 heterocycles. The molecule has 4 aromatic carbocycles. The predicted molar refractivity (Wildman–Crippen MR) is 158 cm³/mol. The van der Waals surface area contributed by atoms with Gasteiger partial charge in [0.05, 0.1) is 0 Å². The van der Waals surface area contributed by atoms with Crippen LogP contribution in [0.2, 0.25) is 0 Å². The van der Waals surface area contributed by atoms with E-state index in [0.717, 1.165) is 37.2 Å². The SMILES string of the molecule is Brc1cc(Br)cc(Cc2cc(Br)cc(Br)c2)c1.[CH2-]CCC.[Li+].[Li+].[Li+].[Li+].[Li+].[c-]1c[c-]cc(Cc2c[c-]c[c-]c2)c1. The first-order chi connectivity index (χ1) is 16.4. The summed E-state index contributed by atoms with van der Waals surface area (Å²) in [7, 11) is 0. The Labute approximate surface area is 330 Å². The van der Waals surface area contributed by atoms with Crippen molar-refractivity contribution in [3.8, 4) is 0 Å². The van der Waals surface area contributed by atoms with Crippen LogP contribution in [0.5, 0.6) is 0 Å². The molecule has 0 unspecified atom stereocenters. The van der Waals surface area contributed by atoms with Crippen molar-refractivity contribution in [2.45, 2.75) is 32.6 Å². The van der Waals surface area contributed by atoms with Crippen molar-refractivity contribution in [2.75, 3.05) is 0 Å². The van der Waals surface area contributed by atoms with E-state index in [2.05, 4.69) is 126 Å². The van der Waals surface area contributed by atoms with Crippen LogP contribution in [0.3, 0.4) is 0 Å². The number of benzene rings is 4. The minimum atomic E-state index is 0. The summed E-state index contributed by atoms with van der Waals surface area (Å²) in [5, 5.41) is 0. The quantitative estimate of drug-likeness (QED) is 0.143. The van der Waals surface area contributed by atoms with Gasteiger partial charge in [-0.1, -0.05) is 77.1 Å². The molecule has 0 aliphatic carbocycles. The van der Waals surface area contributed by atoms with E-state index in [0.29, 0.717) is 0 Å². The standard InChI is InChI=1S/C13H8Br4.C13H8.C4H9.5Li/c14-10-2-8(3-11(15)6-10)1-9-4-12(16)7-13(17)5-9;1-3-7-12(8-4-1)11-13-9-5-2-6-10-13;1-3-4-2;;;;;/h2-7H,1H2;1-2,7-10H,11H2;1,3-4H2,2H3;;;;;/q;-4;-1;5*+1. The molecule has 0 saturated heterocycles.